The number of rotatable bonds is 5. The summed E-state index contributed by atoms with van der Waals surface area (Å²) in [5.74, 6) is -0.0330. The topological polar surface area (TPSA) is 66.5 Å². The Hall–Kier alpha value is -0.620. The summed E-state index contributed by atoms with van der Waals surface area (Å²) in [7, 11) is -3.31. The number of nitrogens with one attached hydrogen (secondary N) is 1. The van der Waals surface area contributed by atoms with Crippen LogP contribution in [0.25, 0.3) is 0 Å². The van der Waals surface area contributed by atoms with Crippen LogP contribution in [0.15, 0.2) is 0 Å². The summed E-state index contributed by atoms with van der Waals surface area (Å²) < 4.78 is 25.5. The molecule has 1 atom stereocenters. The van der Waals surface area contributed by atoms with Crippen LogP contribution < -0.4 is 4.72 Å². The molecule has 5 nitrogen and oxygen atoms in total. The predicted octanol–water partition coefficient (Wildman–Crippen LogP) is 0.717. The van der Waals surface area contributed by atoms with Crippen LogP contribution in [0.4, 0.5) is 0 Å². The van der Waals surface area contributed by atoms with E-state index in [0.29, 0.717) is 6.42 Å². The number of sulfonamides is 1. The molecule has 100 valence electrons. The Balaban J connectivity index is 2.51. The molecule has 1 fully saturated rings. The Morgan fingerprint density at radius 3 is 2.41 bits per heavy atom. The summed E-state index contributed by atoms with van der Waals surface area (Å²) in [6, 6.07) is -0.648. The standard InChI is InChI=1S/C11H22N2O3S/c1-3-9-17(15,16)12-10(2)11(14)13-7-5-4-6-8-13/h10,12H,3-9H2,1-2H3. The Morgan fingerprint density at radius 1 is 1.29 bits per heavy atom. The number of nitrogens with zero attached hydrogens (tertiary/aromatic N) is 1. The van der Waals surface area contributed by atoms with E-state index in [1.165, 1.54) is 0 Å². The summed E-state index contributed by atoms with van der Waals surface area (Å²) in [4.78, 5) is 13.7. The highest BCUT2D eigenvalue weighted by molar-refractivity contribution is 7.89. The first-order valence-electron chi connectivity index (χ1n) is 6.25. The Morgan fingerprint density at radius 2 is 1.88 bits per heavy atom. The van der Waals surface area contributed by atoms with Gasteiger partial charge in [0.15, 0.2) is 0 Å². The fourth-order valence-electron chi connectivity index (χ4n) is 2.04. The van der Waals surface area contributed by atoms with Gasteiger partial charge in [-0.05, 0) is 32.6 Å². The molecule has 0 aliphatic carbocycles. The van der Waals surface area contributed by atoms with Crippen molar-refractivity contribution < 1.29 is 13.2 Å². The number of carbonyl (C=O) groups is 1. The van der Waals surface area contributed by atoms with E-state index in [-0.39, 0.29) is 11.7 Å². The highest BCUT2D eigenvalue weighted by atomic mass is 32.2. The molecule has 1 saturated heterocycles. The van der Waals surface area contributed by atoms with Gasteiger partial charge in [-0.1, -0.05) is 6.92 Å². The van der Waals surface area contributed by atoms with E-state index in [9.17, 15) is 13.2 Å². The maximum Gasteiger partial charge on any atom is 0.240 e. The number of carbonyl (C=O) groups excluding carboxylic acids is 1. The zero-order chi connectivity index (χ0) is 12.9. The highest BCUT2D eigenvalue weighted by Crippen LogP contribution is 2.10. The molecule has 1 N–H and O–H groups in total. The van der Waals surface area contributed by atoms with Gasteiger partial charge in [0, 0.05) is 13.1 Å². The molecule has 0 radical (unpaired) electrons. The molecule has 0 saturated carbocycles. The van der Waals surface area contributed by atoms with Crippen LogP contribution in [0.1, 0.15) is 39.5 Å². The maximum atomic E-state index is 12.0. The number of piperidine rings is 1. The maximum absolute atomic E-state index is 12.0. The predicted molar refractivity (Wildman–Crippen MR) is 67.1 cm³/mol. The van der Waals surface area contributed by atoms with Gasteiger partial charge in [0.1, 0.15) is 0 Å². The molecule has 1 unspecified atom stereocenters. The first-order chi connectivity index (χ1) is 7.96. The van der Waals surface area contributed by atoms with E-state index in [2.05, 4.69) is 4.72 Å². The van der Waals surface area contributed by atoms with Crippen LogP contribution in [-0.2, 0) is 14.8 Å². The van der Waals surface area contributed by atoms with Crippen LogP contribution >= 0.6 is 0 Å². The molecular formula is C11H22N2O3S. The van der Waals surface area contributed by atoms with Crippen LogP contribution in [0, 0.1) is 0 Å². The minimum Gasteiger partial charge on any atom is -0.341 e. The van der Waals surface area contributed by atoms with Gasteiger partial charge in [-0.2, -0.15) is 0 Å². The van der Waals surface area contributed by atoms with Gasteiger partial charge < -0.3 is 4.90 Å². The second-order valence-electron chi connectivity index (χ2n) is 4.54. The molecule has 17 heavy (non-hydrogen) atoms. The van der Waals surface area contributed by atoms with Crippen molar-refractivity contribution in [2.45, 2.75) is 45.6 Å². The summed E-state index contributed by atoms with van der Waals surface area (Å²) in [6.07, 6.45) is 3.74. The summed E-state index contributed by atoms with van der Waals surface area (Å²) in [6.45, 7) is 4.91. The number of hydrogen-bond acceptors (Lipinski definition) is 3. The molecular weight excluding hydrogens is 240 g/mol. The van der Waals surface area contributed by atoms with Crippen molar-refractivity contribution in [3.63, 3.8) is 0 Å². The molecule has 1 aliphatic rings. The molecule has 0 aromatic carbocycles. The average Bonchev–Trinajstić information content (AvgIpc) is 2.28. The van der Waals surface area contributed by atoms with E-state index in [0.717, 1.165) is 32.4 Å². The Labute approximate surface area is 104 Å². The third-order valence-corrected chi connectivity index (χ3v) is 4.53. The molecule has 1 aliphatic heterocycles. The summed E-state index contributed by atoms with van der Waals surface area (Å²) in [5.41, 5.74) is 0. The minimum absolute atomic E-state index is 0.0740. The van der Waals surface area contributed by atoms with Gasteiger partial charge in [0.2, 0.25) is 15.9 Å². The van der Waals surface area contributed by atoms with Gasteiger partial charge in [0.05, 0.1) is 11.8 Å². The monoisotopic (exact) mass is 262 g/mol. The van der Waals surface area contributed by atoms with Crippen molar-refractivity contribution in [1.29, 1.82) is 0 Å². The largest absolute Gasteiger partial charge is 0.341 e. The lowest BCUT2D eigenvalue weighted by atomic mass is 10.1. The van der Waals surface area contributed by atoms with E-state index >= 15 is 0 Å². The molecule has 1 heterocycles. The zero-order valence-corrected chi connectivity index (χ0v) is 11.4. The molecule has 1 amide bonds. The molecule has 0 bridgehead atoms. The summed E-state index contributed by atoms with van der Waals surface area (Å²) in [5, 5.41) is 0. The quantitative estimate of drug-likeness (QED) is 0.794. The average molecular weight is 262 g/mol. The molecule has 0 aromatic heterocycles. The van der Waals surface area contributed by atoms with E-state index < -0.39 is 16.1 Å². The van der Waals surface area contributed by atoms with E-state index in [1.807, 2.05) is 0 Å². The van der Waals surface area contributed by atoms with Crippen LogP contribution in [0.5, 0.6) is 0 Å². The second-order valence-corrected chi connectivity index (χ2v) is 6.42. The molecule has 0 spiro atoms. The van der Waals surface area contributed by atoms with Crippen LogP contribution in [0.3, 0.4) is 0 Å². The highest BCUT2D eigenvalue weighted by Gasteiger charge is 2.25. The first-order valence-corrected chi connectivity index (χ1v) is 7.90. The van der Waals surface area contributed by atoms with Crippen LogP contribution in [-0.4, -0.2) is 44.1 Å². The van der Waals surface area contributed by atoms with Gasteiger partial charge in [0.25, 0.3) is 0 Å². The van der Waals surface area contributed by atoms with Gasteiger partial charge in [-0.25, -0.2) is 13.1 Å². The molecule has 1 rings (SSSR count). The molecule has 6 heteroatoms. The minimum atomic E-state index is -3.31. The number of amides is 1. The van der Waals surface area contributed by atoms with Gasteiger partial charge in [-0.15, -0.1) is 0 Å². The number of likely N-dealkylation sites (tertiary alicyclic amines) is 1. The first kappa shape index (κ1) is 14.4. The van der Waals surface area contributed by atoms with Crippen molar-refractivity contribution in [1.82, 2.24) is 9.62 Å². The number of hydrogen-bond donors (Lipinski definition) is 1. The smallest absolute Gasteiger partial charge is 0.240 e. The zero-order valence-electron chi connectivity index (χ0n) is 10.6. The second kappa shape index (κ2) is 6.35. The fourth-order valence-corrected chi connectivity index (χ4v) is 3.33. The van der Waals surface area contributed by atoms with Crippen molar-refractivity contribution in [2.24, 2.45) is 0 Å². The Kier molecular flexibility index (Phi) is 5.39. The van der Waals surface area contributed by atoms with E-state index in [4.69, 9.17) is 0 Å². The third-order valence-electron chi connectivity index (χ3n) is 2.87. The SMILES string of the molecule is CCCS(=O)(=O)NC(C)C(=O)N1CCCCC1. The third kappa shape index (κ3) is 4.63. The van der Waals surface area contributed by atoms with Crippen LogP contribution in [0.2, 0.25) is 0 Å². The lowest BCUT2D eigenvalue weighted by Gasteiger charge is -2.29. The Bertz CT molecular complexity index is 348. The van der Waals surface area contributed by atoms with Crippen molar-refractivity contribution in [2.75, 3.05) is 18.8 Å². The van der Waals surface area contributed by atoms with Gasteiger partial charge in [-0.3, -0.25) is 4.79 Å². The van der Waals surface area contributed by atoms with Crippen molar-refractivity contribution in [3.8, 4) is 0 Å². The van der Waals surface area contributed by atoms with E-state index in [1.54, 1.807) is 18.7 Å². The van der Waals surface area contributed by atoms with Crippen molar-refractivity contribution >= 4 is 15.9 Å². The normalized spacial score (nSPS) is 19.1. The molecule has 0 aromatic rings. The van der Waals surface area contributed by atoms with Gasteiger partial charge >= 0.3 is 0 Å². The lowest BCUT2D eigenvalue weighted by molar-refractivity contribution is -0.133. The lowest BCUT2D eigenvalue weighted by Crippen LogP contribution is -2.48. The fraction of sp³-hybridized carbons (Fsp3) is 0.909. The summed E-state index contributed by atoms with van der Waals surface area (Å²) >= 11 is 0. The van der Waals surface area contributed by atoms with Crippen molar-refractivity contribution in [3.05, 3.63) is 0 Å².